The lowest BCUT2D eigenvalue weighted by Crippen LogP contribution is -2.58. The molecule has 1 aliphatic heterocycles. The van der Waals surface area contributed by atoms with Crippen LogP contribution in [0.2, 0.25) is 0 Å². The smallest absolute Gasteiger partial charge is 0.245 e. The molecule has 5 rings (SSSR count). The van der Waals surface area contributed by atoms with E-state index in [-0.39, 0.29) is 17.2 Å². The molecule has 0 saturated carbocycles. The van der Waals surface area contributed by atoms with Crippen LogP contribution in [0.25, 0.3) is 10.9 Å². The Hall–Kier alpha value is -3.12. The van der Waals surface area contributed by atoms with Gasteiger partial charge in [0.15, 0.2) is 0 Å². The SMILES string of the molecule is CC(C)(N)C(=O)N[C@H](Cc1c[nH]c2ccccc12)C(=O)N1CCC2(CCCc3ccccc32)CC1. The standard InChI is InChI=1S/C29H36N4O2/c1-28(2,30)27(35)32-25(18-21-19-31-24-12-6-4-10-22(21)24)26(34)33-16-14-29(15-17-33)13-7-9-20-8-3-5-11-23(20)29/h3-6,8,10-12,19,25,31H,7,9,13-18,30H2,1-2H3,(H,32,35)/t25-/m1/s1. The number of para-hydroxylation sites is 1. The van der Waals surface area contributed by atoms with Gasteiger partial charge in [-0.05, 0) is 74.1 Å². The van der Waals surface area contributed by atoms with E-state index < -0.39 is 11.6 Å². The highest BCUT2D eigenvalue weighted by Gasteiger charge is 2.41. The lowest BCUT2D eigenvalue weighted by atomic mass is 9.65. The topological polar surface area (TPSA) is 91.2 Å². The van der Waals surface area contributed by atoms with Crippen LogP contribution in [-0.4, -0.2) is 46.4 Å². The van der Waals surface area contributed by atoms with Gasteiger partial charge in [0.2, 0.25) is 11.8 Å². The Bertz CT molecular complexity index is 1230. The van der Waals surface area contributed by atoms with Gasteiger partial charge in [-0.1, -0.05) is 42.5 Å². The minimum absolute atomic E-state index is 0.0215. The Kier molecular flexibility index (Phi) is 6.18. The highest BCUT2D eigenvalue weighted by molar-refractivity contribution is 5.92. The van der Waals surface area contributed by atoms with E-state index in [2.05, 4.69) is 34.6 Å². The van der Waals surface area contributed by atoms with Crippen LogP contribution < -0.4 is 11.1 Å². The molecule has 0 radical (unpaired) electrons. The summed E-state index contributed by atoms with van der Waals surface area (Å²) in [6.45, 7) is 4.75. The second-order valence-corrected chi connectivity index (χ2v) is 10.9. The summed E-state index contributed by atoms with van der Waals surface area (Å²) in [6.07, 6.45) is 7.83. The van der Waals surface area contributed by atoms with Crippen molar-refractivity contribution in [3.8, 4) is 0 Å². The number of carbonyl (C=O) groups is 2. The molecule has 4 N–H and O–H groups in total. The molecule has 0 unspecified atom stereocenters. The Morgan fingerprint density at radius 2 is 1.80 bits per heavy atom. The van der Waals surface area contributed by atoms with Gasteiger partial charge in [-0.2, -0.15) is 0 Å². The predicted molar refractivity (Wildman–Crippen MR) is 139 cm³/mol. The van der Waals surface area contributed by atoms with E-state index in [0.29, 0.717) is 19.5 Å². The van der Waals surface area contributed by atoms with Gasteiger partial charge in [0.05, 0.1) is 5.54 Å². The Morgan fingerprint density at radius 3 is 2.57 bits per heavy atom. The fourth-order valence-electron chi connectivity index (χ4n) is 5.97. The van der Waals surface area contributed by atoms with Crippen LogP contribution in [0, 0.1) is 0 Å². The summed E-state index contributed by atoms with van der Waals surface area (Å²) < 4.78 is 0. The zero-order valence-electron chi connectivity index (χ0n) is 20.8. The maximum absolute atomic E-state index is 13.8. The maximum Gasteiger partial charge on any atom is 0.245 e. The quantitative estimate of drug-likeness (QED) is 0.527. The fraction of sp³-hybridized carbons (Fsp3) is 0.448. The van der Waals surface area contributed by atoms with Gasteiger partial charge in [0.25, 0.3) is 0 Å². The number of aromatic amines is 1. The maximum atomic E-state index is 13.8. The zero-order chi connectivity index (χ0) is 24.6. The fourth-order valence-corrected chi connectivity index (χ4v) is 5.97. The number of rotatable bonds is 5. The van der Waals surface area contributed by atoms with Crippen LogP contribution in [0.15, 0.2) is 54.7 Å². The lowest BCUT2D eigenvalue weighted by molar-refractivity contribution is -0.138. The van der Waals surface area contributed by atoms with Crippen molar-refractivity contribution in [3.63, 3.8) is 0 Å². The molecule has 6 heteroatoms. The van der Waals surface area contributed by atoms with E-state index in [0.717, 1.165) is 35.7 Å². The van der Waals surface area contributed by atoms with Crippen molar-refractivity contribution in [1.29, 1.82) is 0 Å². The van der Waals surface area contributed by atoms with E-state index >= 15 is 0 Å². The normalized spacial score (nSPS) is 18.3. The van der Waals surface area contributed by atoms with E-state index in [1.54, 1.807) is 13.8 Å². The largest absolute Gasteiger partial charge is 0.361 e. The van der Waals surface area contributed by atoms with Gasteiger partial charge in [-0.25, -0.2) is 0 Å². The molecule has 1 aromatic heterocycles. The van der Waals surface area contributed by atoms with E-state index in [4.69, 9.17) is 5.73 Å². The molecule has 6 nitrogen and oxygen atoms in total. The molecule has 1 atom stereocenters. The number of H-pyrrole nitrogens is 1. The third-order valence-electron chi connectivity index (χ3n) is 8.01. The van der Waals surface area contributed by atoms with Crippen molar-refractivity contribution in [2.75, 3.05) is 13.1 Å². The van der Waals surface area contributed by atoms with Crippen LogP contribution in [-0.2, 0) is 27.8 Å². The molecule has 1 spiro atoms. The predicted octanol–water partition coefficient (Wildman–Crippen LogP) is 3.83. The Morgan fingerprint density at radius 1 is 1.09 bits per heavy atom. The molecule has 1 fully saturated rings. The molecular weight excluding hydrogens is 436 g/mol. The summed E-state index contributed by atoms with van der Waals surface area (Å²) >= 11 is 0. The highest BCUT2D eigenvalue weighted by atomic mass is 16.2. The number of nitrogens with two attached hydrogens (primary N) is 1. The third kappa shape index (κ3) is 4.59. The summed E-state index contributed by atoms with van der Waals surface area (Å²) in [7, 11) is 0. The van der Waals surface area contributed by atoms with E-state index in [1.807, 2.05) is 35.4 Å². The number of amides is 2. The molecule has 184 valence electrons. The van der Waals surface area contributed by atoms with Crippen LogP contribution in [0.1, 0.15) is 56.2 Å². The number of piperidine rings is 1. The highest BCUT2D eigenvalue weighted by Crippen LogP contribution is 2.44. The van der Waals surface area contributed by atoms with Crippen molar-refractivity contribution in [2.45, 2.75) is 69.4 Å². The molecule has 1 aliphatic carbocycles. The van der Waals surface area contributed by atoms with Gasteiger partial charge in [0.1, 0.15) is 6.04 Å². The lowest BCUT2D eigenvalue weighted by Gasteiger charge is -2.46. The van der Waals surface area contributed by atoms with Crippen LogP contribution in [0.4, 0.5) is 0 Å². The first kappa shape index (κ1) is 23.6. The van der Waals surface area contributed by atoms with Crippen LogP contribution in [0.5, 0.6) is 0 Å². The van der Waals surface area contributed by atoms with Crippen molar-refractivity contribution in [1.82, 2.24) is 15.2 Å². The summed E-state index contributed by atoms with van der Waals surface area (Å²) in [5.74, 6) is -0.336. The van der Waals surface area contributed by atoms with Crippen molar-refractivity contribution < 1.29 is 9.59 Å². The third-order valence-corrected chi connectivity index (χ3v) is 8.01. The monoisotopic (exact) mass is 472 g/mol. The summed E-state index contributed by atoms with van der Waals surface area (Å²) in [5.41, 5.74) is 10.2. The number of nitrogens with zero attached hydrogens (tertiary/aromatic N) is 1. The average molecular weight is 473 g/mol. The number of carbonyl (C=O) groups excluding carboxylic acids is 2. The second-order valence-electron chi connectivity index (χ2n) is 10.9. The van der Waals surface area contributed by atoms with E-state index in [1.165, 1.54) is 24.0 Å². The van der Waals surface area contributed by atoms with Gasteiger partial charge >= 0.3 is 0 Å². The number of hydrogen-bond donors (Lipinski definition) is 3. The number of hydrogen-bond acceptors (Lipinski definition) is 3. The Balaban J connectivity index is 1.36. The molecule has 1 saturated heterocycles. The molecule has 2 heterocycles. The van der Waals surface area contributed by atoms with Crippen molar-refractivity contribution in [2.24, 2.45) is 5.73 Å². The van der Waals surface area contributed by atoms with Crippen LogP contribution >= 0.6 is 0 Å². The summed E-state index contributed by atoms with van der Waals surface area (Å²) in [6, 6.07) is 16.2. The van der Waals surface area contributed by atoms with Gasteiger partial charge in [-0.15, -0.1) is 0 Å². The van der Waals surface area contributed by atoms with Gasteiger partial charge < -0.3 is 20.9 Å². The molecular formula is C29H36N4O2. The minimum atomic E-state index is -1.06. The number of benzene rings is 2. The summed E-state index contributed by atoms with van der Waals surface area (Å²) in [4.78, 5) is 31.9. The number of fused-ring (bicyclic) bond motifs is 3. The number of likely N-dealkylation sites (tertiary alicyclic amines) is 1. The first-order valence-electron chi connectivity index (χ1n) is 12.8. The first-order valence-corrected chi connectivity index (χ1v) is 12.8. The summed E-state index contributed by atoms with van der Waals surface area (Å²) in [5, 5.41) is 4.05. The number of aromatic nitrogens is 1. The van der Waals surface area contributed by atoms with Gasteiger partial charge in [-0.3, -0.25) is 9.59 Å². The molecule has 2 aromatic carbocycles. The second kappa shape index (κ2) is 9.15. The van der Waals surface area contributed by atoms with Crippen LogP contribution in [0.3, 0.4) is 0 Å². The van der Waals surface area contributed by atoms with Gasteiger partial charge in [0, 0.05) is 36.6 Å². The molecule has 0 bridgehead atoms. The molecule has 3 aromatic rings. The molecule has 35 heavy (non-hydrogen) atoms. The Labute approximate surface area is 207 Å². The molecule has 2 amide bonds. The zero-order valence-corrected chi connectivity index (χ0v) is 20.8. The number of aryl methyl sites for hydroxylation is 1. The molecule has 2 aliphatic rings. The van der Waals surface area contributed by atoms with E-state index in [9.17, 15) is 9.59 Å². The van der Waals surface area contributed by atoms with Crippen molar-refractivity contribution in [3.05, 3.63) is 71.4 Å². The minimum Gasteiger partial charge on any atom is -0.361 e. The first-order chi connectivity index (χ1) is 16.8. The average Bonchev–Trinajstić information content (AvgIpc) is 3.26. The van der Waals surface area contributed by atoms with Crippen molar-refractivity contribution >= 4 is 22.7 Å². The number of nitrogens with one attached hydrogen (secondary N) is 2.